The molecule has 0 spiro atoms. The second-order valence-corrected chi connectivity index (χ2v) is 3.05. The van der Waals surface area contributed by atoms with Gasteiger partial charge < -0.3 is 4.90 Å². The van der Waals surface area contributed by atoms with E-state index in [4.69, 9.17) is 0 Å². The maximum Gasteiger partial charge on any atom is 0.147 e. The van der Waals surface area contributed by atoms with E-state index < -0.39 is 0 Å². The van der Waals surface area contributed by atoms with Gasteiger partial charge in [0.1, 0.15) is 5.82 Å². The lowest BCUT2D eigenvalue weighted by Crippen LogP contribution is -2.10. The number of halogens is 1. The Labute approximate surface area is 71.1 Å². The van der Waals surface area contributed by atoms with Crippen LogP contribution in [0.5, 0.6) is 0 Å². The minimum atomic E-state index is -0.159. The molecule has 0 amide bonds. The van der Waals surface area contributed by atoms with E-state index in [1.54, 1.807) is 6.07 Å². The standard InChI is InChI=1S/C10H10FN/c1-7-6-8-4-3-5-9(11)10(8)12(7)2/h3-5H,1,6H2,2H3. The summed E-state index contributed by atoms with van der Waals surface area (Å²) in [6.07, 6.45) is 0.767. The number of hydrogen-bond donors (Lipinski definition) is 0. The van der Waals surface area contributed by atoms with Gasteiger partial charge in [0.2, 0.25) is 0 Å². The molecule has 2 heteroatoms. The number of allylic oxidation sites excluding steroid dienone is 1. The molecule has 1 heterocycles. The van der Waals surface area contributed by atoms with Crippen molar-refractivity contribution in [1.29, 1.82) is 0 Å². The van der Waals surface area contributed by atoms with Crippen LogP contribution in [-0.4, -0.2) is 7.05 Å². The van der Waals surface area contributed by atoms with E-state index in [0.717, 1.165) is 17.7 Å². The topological polar surface area (TPSA) is 3.24 Å². The molecule has 0 atom stereocenters. The normalized spacial score (nSPS) is 15.2. The van der Waals surface area contributed by atoms with Crippen molar-refractivity contribution in [1.82, 2.24) is 0 Å². The number of para-hydroxylation sites is 1. The average molecular weight is 163 g/mol. The summed E-state index contributed by atoms with van der Waals surface area (Å²) < 4.78 is 13.2. The van der Waals surface area contributed by atoms with E-state index in [2.05, 4.69) is 6.58 Å². The van der Waals surface area contributed by atoms with Crippen molar-refractivity contribution in [2.75, 3.05) is 11.9 Å². The lowest BCUT2D eigenvalue weighted by molar-refractivity contribution is 0.628. The Balaban J connectivity index is 2.62. The quantitative estimate of drug-likeness (QED) is 0.567. The molecule has 0 N–H and O–H groups in total. The van der Waals surface area contributed by atoms with Crippen LogP contribution in [-0.2, 0) is 6.42 Å². The molecule has 0 fully saturated rings. The molecule has 0 radical (unpaired) electrons. The smallest absolute Gasteiger partial charge is 0.147 e. The third-order valence-corrected chi connectivity index (χ3v) is 2.27. The summed E-state index contributed by atoms with van der Waals surface area (Å²) in [5.74, 6) is -0.159. The van der Waals surface area contributed by atoms with Gasteiger partial charge in [0.25, 0.3) is 0 Å². The molecular weight excluding hydrogens is 153 g/mol. The van der Waals surface area contributed by atoms with Crippen molar-refractivity contribution >= 4 is 5.69 Å². The van der Waals surface area contributed by atoms with Crippen molar-refractivity contribution in [3.63, 3.8) is 0 Å². The molecule has 12 heavy (non-hydrogen) atoms. The molecular formula is C10H10FN. The number of nitrogens with zero attached hydrogens (tertiary/aromatic N) is 1. The first kappa shape index (κ1) is 7.35. The fourth-order valence-corrected chi connectivity index (χ4v) is 1.57. The summed E-state index contributed by atoms with van der Waals surface area (Å²) in [4.78, 5) is 1.81. The zero-order valence-corrected chi connectivity index (χ0v) is 6.97. The second kappa shape index (κ2) is 2.34. The molecule has 1 aromatic carbocycles. The highest BCUT2D eigenvalue weighted by Gasteiger charge is 2.21. The zero-order valence-electron chi connectivity index (χ0n) is 6.97. The number of likely N-dealkylation sites (N-methyl/N-ethyl adjacent to an activating group) is 1. The number of hydrogen-bond acceptors (Lipinski definition) is 1. The molecule has 0 unspecified atom stereocenters. The Morgan fingerprint density at radius 3 is 2.92 bits per heavy atom. The molecule has 62 valence electrons. The Hall–Kier alpha value is -1.31. The monoisotopic (exact) mass is 163 g/mol. The van der Waals surface area contributed by atoms with Gasteiger partial charge >= 0.3 is 0 Å². The van der Waals surface area contributed by atoms with Gasteiger partial charge in [-0.2, -0.15) is 0 Å². The molecule has 2 rings (SSSR count). The first-order chi connectivity index (χ1) is 5.70. The second-order valence-electron chi connectivity index (χ2n) is 3.05. The largest absolute Gasteiger partial charge is 0.346 e. The Morgan fingerprint density at radius 1 is 1.50 bits per heavy atom. The lowest BCUT2D eigenvalue weighted by Gasteiger charge is -2.13. The first-order valence-corrected chi connectivity index (χ1v) is 3.89. The highest BCUT2D eigenvalue weighted by Crippen LogP contribution is 2.34. The minimum Gasteiger partial charge on any atom is -0.346 e. The van der Waals surface area contributed by atoms with Crippen LogP contribution >= 0.6 is 0 Å². The fraction of sp³-hybridized carbons (Fsp3) is 0.200. The van der Waals surface area contributed by atoms with Gasteiger partial charge in [-0.05, 0) is 11.6 Å². The maximum atomic E-state index is 13.2. The molecule has 1 aliphatic rings. The Kier molecular flexibility index (Phi) is 1.43. The van der Waals surface area contributed by atoms with Gasteiger partial charge in [-0.25, -0.2) is 4.39 Å². The summed E-state index contributed by atoms with van der Waals surface area (Å²) >= 11 is 0. The fourth-order valence-electron chi connectivity index (χ4n) is 1.57. The molecule has 0 aromatic heterocycles. The first-order valence-electron chi connectivity index (χ1n) is 3.89. The van der Waals surface area contributed by atoms with Crippen LogP contribution in [0, 0.1) is 5.82 Å². The van der Waals surface area contributed by atoms with Crippen LogP contribution < -0.4 is 4.90 Å². The summed E-state index contributed by atoms with van der Waals surface area (Å²) in [6, 6.07) is 5.15. The van der Waals surface area contributed by atoms with E-state index >= 15 is 0 Å². The van der Waals surface area contributed by atoms with Crippen LogP contribution in [0.15, 0.2) is 30.5 Å². The van der Waals surface area contributed by atoms with Gasteiger partial charge in [0, 0.05) is 19.2 Å². The number of anilines is 1. The van der Waals surface area contributed by atoms with Gasteiger partial charge in [-0.3, -0.25) is 0 Å². The number of rotatable bonds is 0. The van der Waals surface area contributed by atoms with Crippen LogP contribution in [0.3, 0.4) is 0 Å². The zero-order chi connectivity index (χ0) is 8.72. The Bertz CT molecular complexity index is 344. The summed E-state index contributed by atoms with van der Waals surface area (Å²) in [7, 11) is 1.84. The molecule has 0 aliphatic carbocycles. The maximum absolute atomic E-state index is 13.2. The van der Waals surface area contributed by atoms with E-state index in [-0.39, 0.29) is 5.82 Å². The highest BCUT2D eigenvalue weighted by molar-refractivity contribution is 5.64. The van der Waals surface area contributed by atoms with Gasteiger partial charge in [-0.15, -0.1) is 0 Å². The van der Waals surface area contributed by atoms with Crippen molar-refractivity contribution in [3.05, 3.63) is 41.9 Å². The average Bonchev–Trinajstić information content (AvgIpc) is 2.29. The predicted octanol–water partition coefficient (Wildman–Crippen LogP) is 2.33. The minimum absolute atomic E-state index is 0.159. The van der Waals surface area contributed by atoms with E-state index in [1.165, 1.54) is 6.07 Å². The van der Waals surface area contributed by atoms with Crippen molar-refractivity contribution < 1.29 is 4.39 Å². The van der Waals surface area contributed by atoms with E-state index in [1.807, 2.05) is 18.0 Å². The van der Waals surface area contributed by atoms with Crippen LogP contribution in [0.25, 0.3) is 0 Å². The molecule has 0 saturated heterocycles. The SMILES string of the molecule is C=C1Cc2cccc(F)c2N1C. The summed E-state index contributed by atoms with van der Waals surface area (Å²) in [5.41, 5.74) is 2.67. The third-order valence-electron chi connectivity index (χ3n) is 2.27. The van der Waals surface area contributed by atoms with Crippen LogP contribution in [0.4, 0.5) is 10.1 Å². The highest BCUT2D eigenvalue weighted by atomic mass is 19.1. The van der Waals surface area contributed by atoms with Gasteiger partial charge in [0.15, 0.2) is 0 Å². The molecule has 1 aromatic rings. The van der Waals surface area contributed by atoms with Crippen LogP contribution in [0.2, 0.25) is 0 Å². The van der Waals surface area contributed by atoms with Crippen LogP contribution in [0.1, 0.15) is 5.56 Å². The lowest BCUT2D eigenvalue weighted by atomic mass is 10.1. The number of fused-ring (bicyclic) bond motifs is 1. The molecule has 0 saturated carbocycles. The van der Waals surface area contributed by atoms with Gasteiger partial charge in [-0.1, -0.05) is 18.7 Å². The van der Waals surface area contributed by atoms with Crippen molar-refractivity contribution in [2.45, 2.75) is 6.42 Å². The third kappa shape index (κ3) is 0.843. The van der Waals surface area contributed by atoms with Gasteiger partial charge in [0.05, 0.1) is 5.69 Å². The van der Waals surface area contributed by atoms with Crippen molar-refractivity contribution in [2.24, 2.45) is 0 Å². The van der Waals surface area contributed by atoms with E-state index in [9.17, 15) is 4.39 Å². The Morgan fingerprint density at radius 2 is 2.25 bits per heavy atom. The van der Waals surface area contributed by atoms with E-state index in [0.29, 0.717) is 5.69 Å². The number of benzene rings is 1. The summed E-state index contributed by atoms with van der Waals surface area (Å²) in [5, 5.41) is 0. The molecule has 0 bridgehead atoms. The molecule has 1 aliphatic heterocycles. The molecule has 1 nitrogen and oxygen atoms in total. The van der Waals surface area contributed by atoms with Crippen molar-refractivity contribution in [3.8, 4) is 0 Å². The summed E-state index contributed by atoms with van der Waals surface area (Å²) in [6.45, 7) is 3.85. The predicted molar refractivity (Wildman–Crippen MR) is 47.6 cm³/mol.